The number of aryl methyl sites for hydroxylation is 1. The Morgan fingerprint density at radius 2 is 1.59 bits per heavy atom. The van der Waals surface area contributed by atoms with Crippen molar-refractivity contribution in [3.8, 4) is 0 Å². The molecule has 1 N–H and O–H groups in total. The Bertz CT molecular complexity index is 486. The molecule has 0 fully saturated rings. The van der Waals surface area contributed by atoms with Gasteiger partial charge in [0.15, 0.2) is 0 Å². The van der Waals surface area contributed by atoms with Crippen LogP contribution < -0.4 is 0 Å². The molecular formula is C16H18O. The van der Waals surface area contributed by atoms with Gasteiger partial charge in [0.05, 0.1) is 0 Å². The van der Waals surface area contributed by atoms with Gasteiger partial charge in [0, 0.05) is 0 Å². The number of aliphatic hydroxyl groups is 1. The Hall–Kier alpha value is -1.60. The Morgan fingerprint density at radius 3 is 2.24 bits per heavy atom. The summed E-state index contributed by atoms with van der Waals surface area (Å²) in [6.45, 7) is 3.97. The van der Waals surface area contributed by atoms with Crippen molar-refractivity contribution in [3.63, 3.8) is 0 Å². The molecule has 0 heterocycles. The minimum Gasteiger partial charge on any atom is -0.381 e. The van der Waals surface area contributed by atoms with Crippen LogP contribution in [0.25, 0.3) is 0 Å². The lowest BCUT2D eigenvalue weighted by Gasteiger charge is -2.25. The van der Waals surface area contributed by atoms with Crippen LogP contribution in [-0.2, 0) is 12.0 Å². The van der Waals surface area contributed by atoms with Crippen LogP contribution in [-0.4, -0.2) is 5.11 Å². The van der Waals surface area contributed by atoms with Gasteiger partial charge < -0.3 is 5.11 Å². The first kappa shape index (κ1) is 11.9. The molecule has 2 aromatic carbocycles. The third kappa shape index (κ3) is 2.40. The van der Waals surface area contributed by atoms with E-state index in [4.69, 9.17) is 0 Å². The predicted octanol–water partition coefficient (Wildman–Crippen LogP) is 3.50. The lowest BCUT2D eigenvalue weighted by molar-refractivity contribution is 0.102. The van der Waals surface area contributed by atoms with E-state index >= 15 is 0 Å². The molecule has 2 aromatic rings. The van der Waals surface area contributed by atoms with Crippen LogP contribution in [0.1, 0.15) is 30.5 Å². The van der Waals surface area contributed by atoms with Crippen LogP contribution in [0.15, 0.2) is 54.6 Å². The molecule has 17 heavy (non-hydrogen) atoms. The maximum atomic E-state index is 10.7. The smallest absolute Gasteiger partial charge is 0.112 e. The van der Waals surface area contributed by atoms with E-state index in [1.165, 1.54) is 5.56 Å². The van der Waals surface area contributed by atoms with Gasteiger partial charge in [-0.05, 0) is 30.0 Å². The van der Waals surface area contributed by atoms with Crippen LogP contribution >= 0.6 is 0 Å². The van der Waals surface area contributed by atoms with E-state index < -0.39 is 5.60 Å². The third-order valence-corrected chi connectivity index (χ3v) is 3.23. The Morgan fingerprint density at radius 1 is 0.941 bits per heavy atom. The topological polar surface area (TPSA) is 20.2 Å². The molecule has 0 amide bonds. The average molecular weight is 226 g/mol. The van der Waals surface area contributed by atoms with Crippen LogP contribution in [0.2, 0.25) is 0 Å². The maximum absolute atomic E-state index is 10.7. The molecule has 1 heteroatoms. The Kier molecular flexibility index (Phi) is 3.30. The number of hydrogen-bond acceptors (Lipinski definition) is 1. The second-order valence-electron chi connectivity index (χ2n) is 4.49. The van der Waals surface area contributed by atoms with Gasteiger partial charge in [0.2, 0.25) is 0 Å². The van der Waals surface area contributed by atoms with Gasteiger partial charge >= 0.3 is 0 Å². The second-order valence-corrected chi connectivity index (χ2v) is 4.49. The molecule has 0 spiro atoms. The lowest BCUT2D eigenvalue weighted by Crippen LogP contribution is -2.22. The van der Waals surface area contributed by atoms with E-state index in [0.29, 0.717) is 0 Å². The first-order valence-electron chi connectivity index (χ1n) is 6.02. The first-order chi connectivity index (χ1) is 8.14. The second kappa shape index (κ2) is 4.72. The summed E-state index contributed by atoms with van der Waals surface area (Å²) in [5.74, 6) is 0. The van der Waals surface area contributed by atoms with Crippen LogP contribution in [0, 0.1) is 0 Å². The monoisotopic (exact) mass is 226 g/mol. The van der Waals surface area contributed by atoms with Gasteiger partial charge in [-0.1, -0.05) is 61.5 Å². The fourth-order valence-corrected chi connectivity index (χ4v) is 2.02. The quantitative estimate of drug-likeness (QED) is 0.849. The van der Waals surface area contributed by atoms with Gasteiger partial charge in [0.1, 0.15) is 5.60 Å². The van der Waals surface area contributed by atoms with E-state index in [0.717, 1.165) is 17.5 Å². The number of hydrogen-bond donors (Lipinski definition) is 1. The minimum atomic E-state index is -0.924. The largest absolute Gasteiger partial charge is 0.381 e. The number of benzene rings is 2. The summed E-state index contributed by atoms with van der Waals surface area (Å²) in [6.07, 6.45) is 0.985. The summed E-state index contributed by atoms with van der Waals surface area (Å²) >= 11 is 0. The predicted molar refractivity (Wildman–Crippen MR) is 70.9 cm³/mol. The zero-order valence-corrected chi connectivity index (χ0v) is 10.4. The van der Waals surface area contributed by atoms with Crippen molar-refractivity contribution in [3.05, 3.63) is 71.3 Å². The molecule has 88 valence electrons. The van der Waals surface area contributed by atoms with E-state index in [-0.39, 0.29) is 0 Å². The van der Waals surface area contributed by atoms with Crippen LogP contribution in [0.3, 0.4) is 0 Å². The van der Waals surface area contributed by atoms with Gasteiger partial charge in [-0.3, -0.25) is 0 Å². The molecule has 0 bridgehead atoms. The molecule has 0 saturated heterocycles. The van der Waals surface area contributed by atoms with Crippen LogP contribution in [0.5, 0.6) is 0 Å². The van der Waals surface area contributed by atoms with Crippen molar-refractivity contribution in [2.24, 2.45) is 0 Å². The van der Waals surface area contributed by atoms with Crippen molar-refractivity contribution in [2.45, 2.75) is 25.9 Å². The Balaban J connectivity index is 2.44. The zero-order chi connectivity index (χ0) is 12.3. The molecule has 2 rings (SSSR count). The molecule has 1 nitrogen and oxygen atoms in total. The SMILES string of the molecule is CCc1cccc(C(C)(O)c2ccccc2)c1. The first-order valence-corrected chi connectivity index (χ1v) is 6.02. The maximum Gasteiger partial charge on any atom is 0.112 e. The molecule has 1 atom stereocenters. The van der Waals surface area contributed by atoms with Crippen LogP contribution in [0.4, 0.5) is 0 Å². The average Bonchev–Trinajstić information content (AvgIpc) is 2.40. The highest BCUT2D eigenvalue weighted by molar-refractivity contribution is 5.37. The van der Waals surface area contributed by atoms with Gasteiger partial charge in [-0.2, -0.15) is 0 Å². The highest BCUT2D eigenvalue weighted by atomic mass is 16.3. The molecule has 0 aromatic heterocycles. The standard InChI is InChI=1S/C16H18O/c1-3-13-8-7-11-15(12-13)16(2,17)14-9-5-4-6-10-14/h4-12,17H,3H2,1-2H3. The van der Waals surface area contributed by atoms with Crippen molar-refractivity contribution >= 4 is 0 Å². The fraction of sp³-hybridized carbons (Fsp3) is 0.250. The molecule has 0 aliphatic carbocycles. The zero-order valence-electron chi connectivity index (χ0n) is 10.4. The van der Waals surface area contributed by atoms with Gasteiger partial charge in [-0.15, -0.1) is 0 Å². The third-order valence-electron chi connectivity index (χ3n) is 3.23. The van der Waals surface area contributed by atoms with Crippen molar-refractivity contribution in [1.29, 1.82) is 0 Å². The summed E-state index contributed by atoms with van der Waals surface area (Å²) in [5.41, 5.74) is 2.20. The van der Waals surface area contributed by atoms with E-state index in [1.54, 1.807) is 0 Å². The van der Waals surface area contributed by atoms with E-state index in [1.807, 2.05) is 49.4 Å². The fourth-order valence-electron chi connectivity index (χ4n) is 2.02. The van der Waals surface area contributed by atoms with Crippen molar-refractivity contribution in [1.82, 2.24) is 0 Å². The summed E-state index contributed by atoms with van der Waals surface area (Å²) in [5, 5.41) is 10.7. The minimum absolute atomic E-state index is 0.924. The molecule has 0 aliphatic heterocycles. The lowest BCUT2D eigenvalue weighted by atomic mass is 9.87. The van der Waals surface area contributed by atoms with Crippen molar-refractivity contribution in [2.75, 3.05) is 0 Å². The summed E-state index contributed by atoms with van der Waals surface area (Å²) in [4.78, 5) is 0. The van der Waals surface area contributed by atoms with E-state index in [2.05, 4.69) is 19.1 Å². The molecule has 1 unspecified atom stereocenters. The number of rotatable bonds is 3. The highest BCUT2D eigenvalue weighted by Gasteiger charge is 2.25. The summed E-state index contributed by atoms with van der Waals surface area (Å²) in [7, 11) is 0. The molecule has 0 radical (unpaired) electrons. The summed E-state index contributed by atoms with van der Waals surface area (Å²) in [6, 6.07) is 17.9. The van der Waals surface area contributed by atoms with Crippen molar-refractivity contribution < 1.29 is 5.11 Å². The molecule has 0 aliphatic rings. The molecular weight excluding hydrogens is 208 g/mol. The van der Waals surface area contributed by atoms with E-state index in [9.17, 15) is 5.11 Å². The van der Waals surface area contributed by atoms with Gasteiger partial charge in [0.25, 0.3) is 0 Å². The highest BCUT2D eigenvalue weighted by Crippen LogP contribution is 2.29. The summed E-state index contributed by atoms with van der Waals surface area (Å²) < 4.78 is 0. The van der Waals surface area contributed by atoms with Gasteiger partial charge in [-0.25, -0.2) is 0 Å². The Labute approximate surface area is 103 Å². The molecule has 0 saturated carbocycles. The normalized spacial score (nSPS) is 14.3.